The van der Waals surface area contributed by atoms with Crippen LogP contribution in [0.5, 0.6) is 0 Å². The SMILES string of the molecule is C=C(C)C(=O)O.C=C(C)C(=O)OCCO.C=CC(=O)OCCN(C)C.C=Cc1ccccc1. The van der Waals surface area contributed by atoms with E-state index in [0.29, 0.717) is 12.2 Å². The quantitative estimate of drug-likeness (QED) is 0.423. The fourth-order valence-corrected chi connectivity index (χ4v) is 1.24. The lowest BCUT2D eigenvalue weighted by Gasteiger charge is -2.07. The van der Waals surface area contributed by atoms with Crippen molar-refractivity contribution in [2.24, 2.45) is 0 Å². The molecule has 0 aliphatic rings. The first-order valence-corrected chi connectivity index (χ1v) is 9.86. The van der Waals surface area contributed by atoms with Crippen LogP contribution < -0.4 is 0 Å². The van der Waals surface area contributed by atoms with E-state index in [1.54, 1.807) is 6.92 Å². The Morgan fingerprint density at radius 1 is 0.970 bits per heavy atom. The minimum absolute atomic E-state index is 0.0473. The first-order valence-electron chi connectivity index (χ1n) is 9.86. The zero-order chi connectivity index (χ0) is 26.2. The molecule has 1 rings (SSSR count). The zero-order valence-corrected chi connectivity index (χ0v) is 20.1. The molecule has 0 heterocycles. The van der Waals surface area contributed by atoms with E-state index in [4.69, 9.17) is 14.9 Å². The van der Waals surface area contributed by atoms with Gasteiger partial charge < -0.3 is 24.6 Å². The van der Waals surface area contributed by atoms with Crippen molar-refractivity contribution in [1.29, 1.82) is 0 Å². The van der Waals surface area contributed by atoms with E-state index >= 15 is 0 Å². The molecule has 1 aromatic carbocycles. The Kier molecular flexibility index (Phi) is 24.0. The second-order valence-electron chi connectivity index (χ2n) is 6.52. The third-order valence-electron chi connectivity index (χ3n) is 3.02. The van der Waals surface area contributed by atoms with Gasteiger partial charge in [0.05, 0.1) is 6.61 Å². The maximum absolute atomic E-state index is 10.5. The summed E-state index contributed by atoms with van der Waals surface area (Å²) >= 11 is 0. The average molecular weight is 464 g/mol. The molecule has 0 aromatic heterocycles. The van der Waals surface area contributed by atoms with Crippen molar-refractivity contribution in [2.45, 2.75) is 13.8 Å². The molecule has 0 unspecified atom stereocenters. The summed E-state index contributed by atoms with van der Waals surface area (Å²) in [6, 6.07) is 10.0. The van der Waals surface area contributed by atoms with Crippen molar-refractivity contribution in [2.75, 3.05) is 40.5 Å². The second-order valence-corrected chi connectivity index (χ2v) is 6.52. The highest BCUT2D eigenvalue weighted by Gasteiger charge is 1.99. The van der Waals surface area contributed by atoms with Crippen LogP contribution in [-0.2, 0) is 23.9 Å². The zero-order valence-electron chi connectivity index (χ0n) is 20.1. The van der Waals surface area contributed by atoms with Crippen LogP contribution in [-0.4, -0.2) is 73.5 Å². The van der Waals surface area contributed by atoms with Crippen LogP contribution in [0.2, 0.25) is 0 Å². The molecule has 0 saturated carbocycles. The van der Waals surface area contributed by atoms with Gasteiger partial charge in [0.2, 0.25) is 0 Å². The number of ether oxygens (including phenoxy) is 2. The van der Waals surface area contributed by atoms with E-state index in [2.05, 4.69) is 31.1 Å². The summed E-state index contributed by atoms with van der Waals surface area (Å²) in [6.45, 7) is 17.5. The van der Waals surface area contributed by atoms with Gasteiger partial charge in [0.25, 0.3) is 0 Å². The van der Waals surface area contributed by atoms with Crippen LogP contribution >= 0.6 is 0 Å². The Balaban J connectivity index is -0.000000369. The normalized spacial score (nSPS) is 8.67. The molecule has 2 N–H and O–H groups in total. The molecular formula is C25H37NO7. The molecule has 0 aliphatic carbocycles. The van der Waals surface area contributed by atoms with E-state index < -0.39 is 11.9 Å². The van der Waals surface area contributed by atoms with Gasteiger partial charge in [0.15, 0.2) is 0 Å². The van der Waals surface area contributed by atoms with Gasteiger partial charge in [0.1, 0.15) is 13.2 Å². The molecule has 184 valence electrons. The van der Waals surface area contributed by atoms with Crippen molar-refractivity contribution >= 4 is 24.0 Å². The summed E-state index contributed by atoms with van der Waals surface area (Å²) < 4.78 is 9.17. The number of carboxylic acid groups (broad SMARTS) is 1. The Morgan fingerprint density at radius 3 is 1.79 bits per heavy atom. The van der Waals surface area contributed by atoms with Crippen molar-refractivity contribution in [1.82, 2.24) is 4.90 Å². The smallest absolute Gasteiger partial charge is 0.333 e. The monoisotopic (exact) mass is 463 g/mol. The number of esters is 2. The molecule has 1 aromatic rings. The maximum Gasteiger partial charge on any atom is 0.333 e. The summed E-state index contributed by atoms with van der Waals surface area (Å²) in [4.78, 5) is 32.4. The van der Waals surface area contributed by atoms with Gasteiger partial charge in [-0.3, -0.25) is 0 Å². The summed E-state index contributed by atoms with van der Waals surface area (Å²) in [5.41, 5.74) is 1.70. The Bertz CT molecular complexity index is 728. The minimum Gasteiger partial charge on any atom is -0.478 e. The number of benzene rings is 1. The number of rotatable bonds is 9. The first-order chi connectivity index (χ1) is 15.4. The van der Waals surface area contributed by atoms with Gasteiger partial charge in [-0.2, -0.15) is 0 Å². The second kappa shape index (κ2) is 23.2. The fraction of sp³-hybridized carbons (Fsp3) is 0.320. The van der Waals surface area contributed by atoms with Crippen molar-refractivity contribution in [3.05, 3.63) is 79.4 Å². The summed E-state index contributed by atoms with van der Waals surface area (Å²) in [5, 5.41) is 16.1. The van der Waals surface area contributed by atoms with Crippen molar-refractivity contribution in [3.8, 4) is 0 Å². The Labute approximate surface area is 197 Å². The molecule has 0 amide bonds. The largest absolute Gasteiger partial charge is 0.478 e. The number of carbonyl (C=O) groups is 3. The number of nitrogens with zero attached hydrogens (tertiary/aromatic N) is 1. The van der Waals surface area contributed by atoms with Gasteiger partial charge in [-0.15, -0.1) is 0 Å². The van der Waals surface area contributed by atoms with E-state index in [1.807, 2.05) is 55.4 Å². The fourth-order valence-electron chi connectivity index (χ4n) is 1.24. The van der Waals surface area contributed by atoms with E-state index in [0.717, 1.165) is 12.6 Å². The molecule has 0 spiro atoms. The molecule has 33 heavy (non-hydrogen) atoms. The Hall–Kier alpha value is -3.49. The standard InChI is InChI=1S/C8H8.C7H13NO2.C6H10O3.C4H6O2/c1-2-8-6-4-3-5-7-8;1-4-7(9)10-6-5-8(2)3;1-5(2)6(8)9-4-3-7;1-3(2)4(5)6/h2-7H,1H2;4H,1,5-6H2,2-3H3;7H,1,3-4H2,2H3;1H2,2H3,(H,5,6). The van der Waals surface area contributed by atoms with Crippen LogP contribution in [0.1, 0.15) is 19.4 Å². The average Bonchev–Trinajstić information content (AvgIpc) is 2.78. The molecule has 8 heteroatoms. The van der Waals surface area contributed by atoms with Crippen LogP contribution in [0.3, 0.4) is 0 Å². The molecule has 0 bridgehead atoms. The van der Waals surface area contributed by atoms with Crippen molar-refractivity contribution < 1.29 is 34.1 Å². The van der Waals surface area contributed by atoms with Gasteiger partial charge in [0, 0.05) is 23.8 Å². The van der Waals surface area contributed by atoms with Crippen LogP contribution in [0, 0.1) is 0 Å². The van der Waals surface area contributed by atoms with Gasteiger partial charge in [-0.25, -0.2) is 14.4 Å². The van der Waals surface area contributed by atoms with E-state index in [-0.39, 0.29) is 24.8 Å². The summed E-state index contributed by atoms with van der Waals surface area (Å²) in [7, 11) is 3.84. The number of aliphatic carboxylic acids is 1. The predicted molar refractivity (Wildman–Crippen MR) is 132 cm³/mol. The lowest BCUT2D eigenvalue weighted by atomic mass is 10.2. The first kappa shape index (κ1) is 34.1. The van der Waals surface area contributed by atoms with Crippen LogP contribution in [0.4, 0.5) is 0 Å². The minimum atomic E-state index is -0.935. The number of aliphatic hydroxyl groups excluding tert-OH is 1. The summed E-state index contributed by atoms with van der Waals surface area (Å²) in [5.74, 6) is -1.75. The molecule has 0 radical (unpaired) electrons. The van der Waals surface area contributed by atoms with Gasteiger partial charge in [-0.05, 0) is 33.5 Å². The lowest BCUT2D eigenvalue weighted by Crippen LogP contribution is -2.19. The number of aliphatic hydroxyl groups is 1. The van der Waals surface area contributed by atoms with Crippen LogP contribution in [0.15, 0.2) is 73.9 Å². The van der Waals surface area contributed by atoms with Crippen LogP contribution in [0.25, 0.3) is 6.08 Å². The highest BCUT2D eigenvalue weighted by atomic mass is 16.5. The number of carbonyl (C=O) groups excluding carboxylic acids is 2. The lowest BCUT2D eigenvalue weighted by molar-refractivity contribution is -0.140. The van der Waals surface area contributed by atoms with E-state index in [1.165, 1.54) is 12.5 Å². The molecule has 0 fully saturated rings. The summed E-state index contributed by atoms with van der Waals surface area (Å²) in [6.07, 6.45) is 3.00. The number of hydrogen-bond acceptors (Lipinski definition) is 7. The number of hydrogen-bond donors (Lipinski definition) is 2. The third-order valence-corrected chi connectivity index (χ3v) is 3.02. The van der Waals surface area contributed by atoms with Gasteiger partial charge >= 0.3 is 17.9 Å². The molecule has 0 atom stereocenters. The number of carboxylic acids is 1. The number of likely N-dealkylation sites (N-methyl/N-ethyl adjacent to an activating group) is 1. The topological polar surface area (TPSA) is 113 Å². The predicted octanol–water partition coefficient (Wildman–Crippen LogP) is 3.35. The Morgan fingerprint density at radius 2 is 1.48 bits per heavy atom. The molecule has 0 saturated heterocycles. The third kappa shape index (κ3) is 28.5. The van der Waals surface area contributed by atoms with E-state index in [9.17, 15) is 14.4 Å². The molecular weight excluding hydrogens is 426 g/mol. The van der Waals surface area contributed by atoms with Gasteiger partial charge in [-0.1, -0.05) is 62.7 Å². The maximum atomic E-state index is 10.5. The van der Waals surface area contributed by atoms with Crippen molar-refractivity contribution in [3.63, 3.8) is 0 Å². The molecule has 8 nitrogen and oxygen atoms in total. The highest BCUT2D eigenvalue weighted by Crippen LogP contribution is 1.97. The highest BCUT2D eigenvalue weighted by molar-refractivity contribution is 5.86. The molecule has 0 aliphatic heterocycles.